The van der Waals surface area contributed by atoms with E-state index < -0.39 is 0 Å². The summed E-state index contributed by atoms with van der Waals surface area (Å²) in [6.45, 7) is 1.94. The maximum Gasteiger partial charge on any atom is 0.275 e. The Balaban J connectivity index is 2.17. The van der Waals surface area contributed by atoms with Crippen LogP contribution in [-0.2, 0) is 0 Å². The number of nitrogens with zero attached hydrogens (tertiary/aromatic N) is 1. The lowest BCUT2D eigenvalue weighted by Gasteiger charge is -2.04. The molecule has 5 heteroatoms. The Morgan fingerprint density at radius 2 is 2.24 bits per heavy atom. The fourth-order valence-electron chi connectivity index (χ4n) is 1.38. The number of amides is 1. The molecule has 0 atom stereocenters. The van der Waals surface area contributed by atoms with Gasteiger partial charge in [-0.15, -0.1) is 0 Å². The number of anilines is 1. The lowest BCUT2D eigenvalue weighted by molar-refractivity contribution is 0.102. The van der Waals surface area contributed by atoms with Gasteiger partial charge >= 0.3 is 0 Å². The highest BCUT2D eigenvalue weighted by Crippen LogP contribution is 2.10. The van der Waals surface area contributed by atoms with E-state index >= 15 is 0 Å². The Bertz CT molecular complexity index is 584. The molecule has 2 aromatic rings. The first-order valence-electron chi connectivity index (χ1n) is 5.08. The molecule has 5 nitrogen and oxygen atoms in total. The van der Waals surface area contributed by atoms with Gasteiger partial charge in [0.2, 0.25) is 0 Å². The molecule has 0 saturated heterocycles. The lowest BCUT2D eigenvalue weighted by Crippen LogP contribution is -2.16. The zero-order chi connectivity index (χ0) is 12.3. The third-order valence-electron chi connectivity index (χ3n) is 2.18. The molecule has 0 aliphatic heterocycles. The fourth-order valence-corrected chi connectivity index (χ4v) is 1.38. The van der Waals surface area contributed by atoms with E-state index in [0.29, 0.717) is 5.69 Å². The maximum atomic E-state index is 11.7. The number of H-pyrrole nitrogens is 1. The molecule has 0 aliphatic rings. The second kappa shape index (κ2) is 4.61. The Hall–Kier alpha value is -2.43. The molecular formula is C12H11N3O2. The van der Waals surface area contributed by atoms with E-state index in [1.165, 1.54) is 6.20 Å². The second-order valence-electron chi connectivity index (χ2n) is 3.62. The molecule has 0 unspecified atom stereocenters. The van der Waals surface area contributed by atoms with E-state index in [9.17, 15) is 9.59 Å². The summed E-state index contributed by atoms with van der Waals surface area (Å²) >= 11 is 0. The highest BCUT2D eigenvalue weighted by atomic mass is 16.2. The molecule has 86 valence electrons. The number of hydrogen-bond donors (Lipinski definition) is 2. The summed E-state index contributed by atoms with van der Waals surface area (Å²) in [5.41, 5.74) is 1.59. The predicted octanol–water partition coefficient (Wildman–Crippen LogP) is 1.33. The van der Waals surface area contributed by atoms with Crippen molar-refractivity contribution < 1.29 is 4.79 Å². The minimum atomic E-state index is -0.355. The van der Waals surface area contributed by atoms with Crippen LogP contribution in [0.15, 0.2) is 41.5 Å². The summed E-state index contributed by atoms with van der Waals surface area (Å²) in [5.74, 6) is -0.355. The van der Waals surface area contributed by atoms with Gasteiger partial charge in [-0.2, -0.15) is 0 Å². The van der Waals surface area contributed by atoms with Crippen molar-refractivity contribution in [1.29, 1.82) is 0 Å². The topological polar surface area (TPSA) is 74.8 Å². The molecule has 0 aliphatic carbocycles. The van der Waals surface area contributed by atoms with Crippen LogP contribution < -0.4 is 10.9 Å². The van der Waals surface area contributed by atoms with Crippen LogP contribution in [0.1, 0.15) is 16.1 Å². The number of benzene rings is 1. The first kappa shape index (κ1) is 11.1. The third-order valence-corrected chi connectivity index (χ3v) is 2.18. The predicted molar refractivity (Wildman–Crippen MR) is 64.0 cm³/mol. The zero-order valence-electron chi connectivity index (χ0n) is 9.23. The number of nitrogens with one attached hydrogen (secondary N) is 2. The van der Waals surface area contributed by atoms with Crippen LogP contribution in [0.5, 0.6) is 0 Å². The van der Waals surface area contributed by atoms with Crippen molar-refractivity contribution in [2.24, 2.45) is 0 Å². The number of carbonyl (C=O) groups excluding carboxylic acids is 1. The molecule has 0 saturated carbocycles. The Morgan fingerprint density at radius 3 is 2.88 bits per heavy atom. The monoisotopic (exact) mass is 229 g/mol. The number of hydrogen-bond acceptors (Lipinski definition) is 3. The molecule has 0 spiro atoms. The van der Waals surface area contributed by atoms with Gasteiger partial charge in [-0.05, 0) is 24.6 Å². The summed E-state index contributed by atoms with van der Waals surface area (Å²) in [5, 5.41) is 2.70. The van der Waals surface area contributed by atoms with E-state index in [2.05, 4.69) is 15.3 Å². The Morgan fingerprint density at radius 1 is 1.41 bits per heavy atom. The lowest BCUT2D eigenvalue weighted by atomic mass is 10.2. The quantitative estimate of drug-likeness (QED) is 0.815. The van der Waals surface area contributed by atoms with E-state index in [1.54, 1.807) is 6.07 Å². The van der Waals surface area contributed by atoms with Crippen LogP contribution in [0, 0.1) is 6.92 Å². The van der Waals surface area contributed by atoms with E-state index in [4.69, 9.17) is 0 Å². The van der Waals surface area contributed by atoms with Gasteiger partial charge in [0.25, 0.3) is 11.5 Å². The molecule has 0 radical (unpaired) electrons. The smallest absolute Gasteiger partial charge is 0.275 e. The first-order chi connectivity index (χ1) is 8.15. The molecule has 0 bridgehead atoms. The van der Waals surface area contributed by atoms with Gasteiger partial charge < -0.3 is 10.3 Å². The van der Waals surface area contributed by atoms with Gasteiger partial charge in [-0.1, -0.05) is 12.1 Å². The zero-order valence-corrected chi connectivity index (χ0v) is 9.23. The van der Waals surface area contributed by atoms with Crippen LogP contribution in [0.3, 0.4) is 0 Å². The average molecular weight is 229 g/mol. The SMILES string of the molecule is Cc1cccc(NC(=O)c2c[nH]c(=O)cn2)c1. The minimum Gasteiger partial charge on any atom is -0.325 e. The normalized spacial score (nSPS) is 9.94. The van der Waals surface area contributed by atoms with Crippen LogP contribution in [0.25, 0.3) is 0 Å². The molecular weight excluding hydrogens is 218 g/mol. The second-order valence-corrected chi connectivity index (χ2v) is 3.62. The van der Waals surface area contributed by atoms with Crippen molar-refractivity contribution in [1.82, 2.24) is 9.97 Å². The van der Waals surface area contributed by atoms with Crippen LogP contribution in [-0.4, -0.2) is 15.9 Å². The van der Waals surface area contributed by atoms with E-state index in [-0.39, 0.29) is 17.2 Å². The van der Waals surface area contributed by atoms with Crippen LogP contribution in [0.4, 0.5) is 5.69 Å². The number of aryl methyl sites for hydroxylation is 1. The standard InChI is InChI=1S/C12H11N3O2/c1-8-3-2-4-9(5-8)15-12(17)10-6-14-11(16)7-13-10/h2-7H,1H3,(H,14,16)(H,15,17). The number of rotatable bonds is 2. The van der Waals surface area contributed by atoms with Crippen molar-refractivity contribution >= 4 is 11.6 Å². The molecule has 1 heterocycles. The first-order valence-corrected chi connectivity index (χ1v) is 5.08. The van der Waals surface area contributed by atoms with Crippen molar-refractivity contribution in [3.63, 3.8) is 0 Å². The van der Waals surface area contributed by atoms with Crippen molar-refractivity contribution in [3.05, 3.63) is 58.3 Å². The summed E-state index contributed by atoms with van der Waals surface area (Å²) in [6.07, 6.45) is 2.36. The molecule has 2 rings (SSSR count). The van der Waals surface area contributed by atoms with E-state index in [0.717, 1.165) is 11.8 Å². The van der Waals surface area contributed by atoms with E-state index in [1.807, 2.05) is 25.1 Å². The molecule has 1 amide bonds. The molecule has 2 N–H and O–H groups in total. The van der Waals surface area contributed by atoms with Gasteiger partial charge in [-0.3, -0.25) is 9.59 Å². The van der Waals surface area contributed by atoms with Gasteiger partial charge in [0.15, 0.2) is 0 Å². The summed E-state index contributed by atoms with van der Waals surface area (Å²) in [7, 11) is 0. The highest BCUT2D eigenvalue weighted by Gasteiger charge is 2.07. The third kappa shape index (κ3) is 2.78. The maximum absolute atomic E-state index is 11.7. The number of aromatic nitrogens is 2. The Labute approximate surface area is 97.5 Å². The van der Waals surface area contributed by atoms with Crippen LogP contribution >= 0.6 is 0 Å². The largest absolute Gasteiger partial charge is 0.325 e. The summed E-state index contributed by atoms with van der Waals surface area (Å²) in [6, 6.07) is 7.43. The molecule has 0 fully saturated rings. The van der Waals surface area contributed by atoms with Crippen molar-refractivity contribution in [2.75, 3.05) is 5.32 Å². The van der Waals surface area contributed by atoms with Gasteiger partial charge in [0.1, 0.15) is 5.69 Å². The average Bonchev–Trinajstić information content (AvgIpc) is 2.29. The summed E-state index contributed by atoms with van der Waals surface area (Å²) in [4.78, 5) is 28.7. The van der Waals surface area contributed by atoms with Gasteiger partial charge in [0.05, 0.1) is 6.20 Å². The van der Waals surface area contributed by atoms with Gasteiger partial charge in [-0.25, -0.2) is 4.98 Å². The van der Waals surface area contributed by atoms with Crippen LogP contribution in [0.2, 0.25) is 0 Å². The fraction of sp³-hybridized carbons (Fsp3) is 0.0833. The number of aromatic amines is 1. The highest BCUT2D eigenvalue weighted by molar-refractivity contribution is 6.02. The summed E-state index contributed by atoms with van der Waals surface area (Å²) < 4.78 is 0. The molecule has 17 heavy (non-hydrogen) atoms. The molecule has 1 aromatic carbocycles. The molecule has 1 aromatic heterocycles. The van der Waals surface area contributed by atoms with Gasteiger partial charge in [0, 0.05) is 11.9 Å². The van der Waals surface area contributed by atoms with Crippen molar-refractivity contribution in [3.8, 4) is 0 Å². The minimum absolute atomic E-state index is 0.172. The van der Waals surface area contributed by atoms with Crippen molar-refractivity contribution in [2.45, 2.75) is 6.92 Å². The Kier molecular flexibility index (Phi) is 3.00. The number of carbonyl (C=O) groups is 1.